The van der Waals surface area contributed by atoms with E-state index in [-0.39, 0.29) is 5.91 Å². The lowest BCUT2D eigenvalue weighted by Gasteiger charge is -2.25. The average molecular weight is 308 g/mol. The van der Waals surface area contributed by atoms with E-state index >= 15 is 0 Å². The largest absolute Gasteiger partial charge is 0.478 e. The first kappa shape index (κ1) is 15.4. The van der Waals surface area contributed by atoms with Crippen molar-refractivity contribution in [3.63, 3.8) is 0 Å². The summed E-state index contributed by atoms with van der Waals surface area (Å²) in [6.07, 6.45) is 0. The van der Waals surface area contributed by atoms with Gasteiger partial charge in [0.15, 0.2) is 11.4 Å². The second kappa shape index (κ2) is 5.77. The van der Waals surface area contributed by atoms with E-state index in [1.165, 1.54) is 0 Å². The van der Waals surface area contributed by atoms with Gasteiger partial charge in [-0.15, -0.1) is 0 Å². The van der Waals surface area contributed by atoms with Crippen molar-refractivity contribution in [2.24, 2.45) is 0 Å². The fourth-order valence-electron chi connectivity index (χ4n) is 1.71. The zero-order chi connectivity index (χ0) is 15.6. The smallest absolute Gasteiger partial charge is 0.269 e. The number of ether oxygens (including phenoxy) is 1. The molecule has 0 atom stereocenters. The van der Waals surface area contributed by atoms with Crippen LogP contribution < -0.4 is 10.1 Å². The van der Waals surface area contributed by atoms with Gasteiger partial charge < -0.3 is 10.1 Å². The van der Waals surface area contributed by atoms with E-state index in [0.717, 1.165) is 11.3 Å². The van der Waals surface area contributed by atoms with Crippen molar-refractivity contribution in [2.45, 2.75) is 33.3 Å². The van der Waals surface area contributed by atoms with Crippen molar-refractivity contribution < 1.29 is 9.53 Å². The standard InChI is InChI=1S/C15H18ClN3O2/c1-9-10(2)18-19-13(9)17-14(20)15(3,4)21-12-7-5-11(16)6-8-12/h5-8H,1-4H3,(H2,17,18,19,20). The number of nitrogens with zero attached hydrogens (tertiary/aromatic N) is 1. The summed E-state index contributed by atoms with van der Waals surface area (Å²) < 4.78 is 5.73. The van der Waals surface area contributed by atoms with E-state index < -0.39 is 5.60 Å². The quantitative estimate of drug-likeness (QED) is 0.908. The Kier molecular flexibility index (Phi) is 4.23. The number of aromatic nitrogens is 2. The molecule has 0 aliphatic carbocycles. The third-order valence-corrected chi connectivity index (χ3v) is 3.47. The lowest BCUT2D eigenvalue weighted by Crippen LogP contribution is -2.42. The van der Waals surface area contributed by atoms with Crippen LogP contribution in [0.15, 0.2) is 24.3 Å². The number of carbonyl (C=O) groups excluding carboxylic acids is 1. The maximum atomic E-state index is 12.4. The average Bonchev–Trinajstić information content (AvgIpc) is 2.73. The number of H-pyrrole nitrogens is 1. The summed E-state index contributed by atoms with van der Waals surface area (Å²) in [5.74, 6) is 0.826. The second-order valence-corrected chi connectivity index (χ2v) is 5.78. The summed E-state index contributed by atoms with van der Waals surface area (Å²) in [4.78, 5) is 12.4. The molecule has 0 unspecified atom stereocenters. The molecule has 1 amide bonds. The van der Waals surface area contributed by atoms with Crippen molar-refractivity contribution in [1.82, 2.24) is 10.2 Å². The van der Waals surface area contributed by atoms with Gasteiger partial charge in [0.05, 0.1) is 0 Å². The van der Waals surface area contributed by atoms with E-state index in [1.807, 2.05) is 13.8 Å². The molecule has 2 N–H and O–H groups in total. The minimum Gasteiger partial charge on any atom is -0.478 e. The van der Waals surface area contributed by atoms with E-state index in [2.05, 4.69) is 15.5 Å². The lowest BCUT2D eigenvalue weighted by atomic mass is 10.1. The Labute approximate surface area is 128 Å². The molecule has 0 bridgehead atoms. The van der Waals surface area contributed by atoms with Crippen LogP contribution in [-0.4, -0.2) is 21.7 Å². The first-order valence-electron chi connectivity index (χ1n) is 6.57. The number of aromatic amines is 1. The molecule has 21 heavy (non-hydrogen) atoms. The predicted octanol–water partition coefficient (Wildman–Crippen LogP) is 3.48. The summed E-state index contributed by atoms with van der Waals surface area (Å²) in [7, 11) is 0. The van der Waals surface area contributed by atoms with Gasteiger partial charge in [0, 0.05) is 16.3 Å². The third-order valence-electron chi connectivity index (χ3n) is 3.22. The van der Waals surface area contributed by atoms with Crippen LogP contribution in [-0.2, 0) is 4.79 Å². The van der Waals surface area contributed by atoms with E-state index in [9.17, 15) is 4.79 Å². The summed E-state index contributed by atoms with van der Waals surface area (Å²) in [6, 6.07) is 6.88. The van der Waals surface area contributed by atoms with Gasteiger partial charge in [-0.25, -0.2) is 0 Å². The minimum atomic E-state index is -1.03. The van der Waals surface area contributed by atoms with Crippen LogP contribution in [0, 0.1) is 13.8 Å². The highest BCUT2D eigenvalue weighted by atomic mass is 35.5. The first-order chi connectivity index (χ1) is 9.79. The molecule has 0 radical (unpaired) electrons. The fourth-order valence-corrected chi connectivity index (χ4v) is 1.83. The monoisotopic (exact) mass is 307 g/mol. The van der Waals surface area contributed by atoms with Crippen molar-refractivity contribution in [3.05, 3.63) is 40.5 Å². The van der Waals surface area contributed by atoms with Gasteiger partial charge in [0.2, 0.25) is 0 Å². The molecule has 5 nitrogen and oxygen atoms in total. The molecule has 112 valence electrons. The van der Waals surface area contributed by atoms with Gasteiger partial charge in [-0.2, -0.15) is 5.10 Å². The number of anilines is 1. The van der Waals surface area contributed by atoms with Gasteiger partial charge in [0.1, 0.15) is 5.75 Å². The zero-order valence-corrected chi connectivity index (χ0v) is 13.2. The van der Waals surface area contributed by atoms with Crippen molar-refractivity contribution in [3.8, 4) is 5.75 Å². The molecule has 1 aromatic carbocycles. The molecule has 2 rings (SSSR count). The van der Waals surface area contributed by atoms with Crippen LogP contribution >= 0.6 is 11.6 Å². The number of rotatable bonds is 4. The summed E-state index contributed by atoms with van der Waals surface area (Å²) in [5.41, 5.74) is 0.792. The number of amides is 1. The third kappa shape index (κ3) is 3.55. The van der Waals surface area contributed by atoms with E-state index in [1.54, 1.807) is 38.1 Å². The Balaban J connectivity index is 2.09. The fraction of sp³-hybridized carbons (Fsp3) is 0.333. The van der Waals surface area contributed by atoms with Gasteiger partial charge in [-0.3, -0.25) is 9.89 Å². The Hall–Kier alpha value is -2.01. The first-order valence-corrected chi connectivity index (χ1v) is 6.95. The van der Waals surface area contributed by atoms with Gasteiger partial charge in [0.25, 0.3) is 5.91 Å². The molecule has 0 fully saturated rings. The van der Waals surface area contributed by atoms with Crippen LogP contribution in [0.5, 0.6) is 5.75 Å². The van der Waals surface area contributed by atoms with Crippen LogP contribution in [0.3, 0.4) is 0 Å². The Morgan fingerprint density at radius 3 is 2.43 bits per heavy atom. The molecule has 0 spiro atoms. The Morgan fingerprint density at radius 2 is 1.90 bits per heavy atom. The number of carbonyl (C=O) groups is 1. The number of benzene rings is 1. The van der Waals surface area contributed by atoms with Crippen molar-refractivity contribution in [1.29, 1.82) is 0 Å². The van der Waals surface area contributed by atoms with E-state index in [4.69, 9.17) is 16.3 Å². The summed E-state index contributed by atoms with van der Waals surface area (Å²) >= 11 is 5.83. The number of nitrogens with one attached hydrogen (secondary N) is 2. The molecular formula is C15H18ClN3O2. The lowest BCUT2D eigenvalue weighted by molar-refractivity contribution is -0.128. The summed E-state index contributed by atoms with van der Waals surface area (Å²) in [6.45, 7) is 7.19. The molecule has 0 aliphatic rings. The molecule has 0 saturated carbocycles. The zero-order valence-electron chi connectivity index (χ0n) is 12.5. The molecular weight excluding hydrogens is 290 g/mol. The SMILES string of the molecule is Cc1[nH]nc(NC(=O)C(C)(C)Oc2ccc(Cl)cc2)c1C. The molecule has 1 aromatic heterocycles. The van der Waals surface area contributed by atoms with Gasteiger partial charge >= 0.3 is 0 Å². The van der Waals surface area contributed by atoms with Crippen LogP contribution in [0.2, 0.25) is 5.02 Å². The van der Waals surface area contributed by atoms with Crippen LogP contribution in [0.4, 0.5) is 5.82 Å². The predicted molar refractivity (Wildman–Crippen MR) is 82.9 cm³/mol. The van der Waals surface area contributed by atoms with Crippen molar-refractivity contribution in [2.75, 3.05) is 5.32 Å². The highest BCUT2D eigenvalue weighted by Crippen LogP contribution is 2.22. The maximum absolute atomic E-state index is 12.4. The number of hydrogen-bond donors (Lipinski definition) is 2. The highest BCUT2D eigenvalue weighted by molar-refractivity contribution is 6.30. The maximum Gasteiger partial charge on any atom is 0.269 e. The van der Waals surface area contributed by atoms with Gasteiger partial charge in [-0.1, -0.05) is 11.6 Å². The highest BCUT2D eigenvalue weighted by Gasteiger charge is 2.31. The number of halogens is 1. The second-order valence-electron chi connectivity index (χ2n) is 5.34. The van der Waals surface area contributed by atoms with E-state index in [0.29, 0.717) is 16.6 Å². The molecule has 0 saturated heterocycles. The Bertz CT molecular complexity index is 647. The van der Waals surface area contributed by atoms with Crippen molar-refractivity contribution >= 4 is 23.3 Å². The molecule has 0 aliphatic heterocycles. The van der Waals surface area contributed by atoms with Gasteiger partial charge in [-0.05, 0) is 52.0 Å². The minimum absolute atomic E-state index is 0.271. The van der Waals surface area contributed by atoms with Crippen LogP contribution in [0.25, 0.3) is 0 Å². The summed E-state index contributed by atoms with van der Waals surface area (Å²) in [5, 5.41) is 10.3. The Morgan fingerprint density at radius 1 is 1.29 bits per heavy atom. The molecule has 2 aromatic rings. The number of hydrogen-bond acceptors (Lipinski definition) is 3. The molecule has 6 heteroatoms. The topological polar surface area (TPSA) is 67.0 Å². The normalized spacial score (nSPS) is 11.3. The van der Waals surface area contributed by atoms with Crippen LogP contribution in [0.1, 0.15) is 25.1 Å². The number of aryl methyl sites for hydroxylation is 1. The molecule has 1 heterocycles.